The lowest BCUT2D eigenvalue weighted by molar-refractivity contribution is 0.922. The molecule has 1 aromatic heterocycles. The van der Waals surface area contributed by atoms with Crippen molar-refractivity contribution < 1.29 is 0 Å². The fourth-order valence-electron chi connectivity index (χ4n) is 2.28. The third kappa shape index (κ3) is 3.28. The van der Waals surface area contributed by atoms with E-state index in [9.17, 15) is 0 Å². The molecule has 0 aliphatic rings. The van der Waals surface area contributed by atoms with Gasteiger partial charge in [0.05, 0.1) is 10.2 Å². The number of nitrogens with one attached hydrogen (secondary N) is 1. The maximum atomic E-state index is 4.94. The Morgan fingerprint density at radius 2 is 1.90 bits per heavy atom. The number of aryl methyl sites for hydroxylation is 1. The summed E-state index contributed by atoms with van der Waals surface area (Å²) in [6, 6.07) is 14.8. The molecular formula is C17H16N2S2. The van der Waals surface area contributed by atoms with E-state index in [-0.39, 0.29) is 0 Å². The lowest BCUT2D eigenvalue weighted by Gasteiger charge is -2.07. The molecule has 3 rings (SSSR count). The molecule has 2 nitrogen and oxygen atoms in total. The molecule has 106 valence electrons. The molecule has 0 bridgehead atoms. The predicted octanol–water partition coefficient (Wildman–Crippen LogP) is 5.34. The van der Waals surface area contributed by atoms with Gasteiger partial charge in [0.1, 0.15) is 5.01 Å². The van der Waals surface area contributed by atoms with Crippen molar-refractivity contribution in [3.05, 3.63) is 53.0 Å². The number of hydrogen-bond acceptors (Lipinski definition) is 4. The maximum Gasteiger partial charge on any atom is 0.128 e. The van der Waals surface area contributed by atoms with Gasteiger partial charge in [0.15, 0.2) is 0 Å². The summed E-state index contributed by atoms with van der Waals surface area (Å²) >= 11 is 6.56. The zero-order valence-electron chi connectivity index (χ0n) is 11.8. The van der Waals surface area contributed by atoms with Crippen molar-refractivity contribution in [2.75, 3.05) is 5.32 Å². The van der Waals surface area contributed by atoms with Crippen LogP contribution in [0.15, 0.2) is 42.5 Å². The summed E-state index contributed by atoms with van der Waals surface area (Å²) in [5.74, 6) is 0. The van der Waals surface area contributed by atoms with Crippen molar-refractivity contribution in [3.63, 3.8) is 0 Å². The first-order valence-corrected chi connectivity index (χ1v) is 8.29. The number of rotatable bonds is 5. The van der Waals surface area contributed by atoms with Crippen molar-refractivity contribution in [1.29, 1.82) is 0 Å². The van der Waals surface area contributed by atoms with Crippen LogP contribution in [0.25, 0.3) is 10.2 Å². The fraction of sp³-hybridized carbons (Fsp3) is 0.176. The van der Waals surface area contributed by atoms with Crippen LogP contribution in [-0.2, 0) is 6.42 Å². The molecule has 0 radical (unpaired) electrons. The molecule has 21 heavy (non-hydrogen) atoms. The van der Waals surface area contributed by atoms with Gasteiger partial charge in [0, 0.05) is 16.7 Å². The molecule has 0 saturated heterocycles. The Kier molecular flexibility index (Phi) is 4.27. The largest absolute Gasteiger partial charge is 0.355 e. The van der Waals surface area contributed by atoms with E-state index in [2.05, 4.69) is 53.6 Å². The van der Waals surface area contributed by atoms with Gasteiger partial charge in [-0.1, -0.05) is 37.7 Å². The summed E-state index contributed by atoms with van der Waals surface area (Å²) in [5, 5.41) is 5.95. The molecule has 3 aromatic rings. The van der Waals surface area contributed by atoms with E-state index >= 15 is 0 Å². The highest BCUT2D eigenvalue weighted by Crippen LogP contribution is 2.26. The Morgan fingerprint density at radius 3 is 2.62 bits per heavy atom. The molecule has 4 heteroatoms. The van der Waals surface area contributed by atoms with Crippen LogP contribution in [0.1, 0.15) is 23.9 Å². The zero-order valence-corrected chi connectivity index (χ0v) is 13.4. The summed E-state index contributed by atoms with van der Waals surface area (Å²) in [4.78, 5) is 4.44. The average Bonchev–Trinajstić information content (AvgIpc) is 2.92. The molecule has 0 aliphatic heterocycles. The van der Waals surface area contributed by atoms with E-state index in [0.717, 1.165) is 33.0 Å². The van der Waals surface area contributed by atoms with Gasteiger partial charge in [-0.05, 0) is 42.3 Å². The molecule has 0 amide bonds. The maximum absolute atomic E-state index is 4.94. The highest BCUT2D eigenvalue weighted by Gasteiger charge is 2.03. The van der Waals surface area contributed by atoms with Gasteiger partial charge in [-0.15, -0.1) is 11.3 Å². The number of anilines is 2. The Hall–Kier alpha value is -1.78. The van der Waals surface area contributed by atoms with E-state index in [1.165, 1.54) is 12.0 Å². The first-order valence-electron chi connectivity index (χ1n) is 7.00. The number of fused-ring (bicyclic) bond motifs is 1. The van der Waals surface area contributed by atoms with Crippen molar-refractivity contribution in [2.45, 2.75) is 19.8 Å². The predicted molar refractivity (Wildman–Crippen MR) is 96.1 cm³/mol. The first kappa shape index (κ1) is 14.2. The summed E-state index contributed by atoms with van der Waals surface area (Å²) in [6.07, 6.45) is 2.31. The summed E-state index contributed by atoms with van der Waals surface area (Å²) < 4.78 is 1.15. The van der Waals surface area contributed by atoms with Crippen LogP contribution in [0.5, 0.6) is 0 Å². The van der Waals surface area contributed by atoms with Crippen molar-refractivity contribution in [3.8, 4) is 0 Å². The lowest BCUT2D eigenvalue weighted by atomic mass is 10.1. The summed E-state index contributed by atoms with van der Waals surface area (Å²) in [6.45, 7) is 2.20. The van der Waals surface area contributed by atoms with Gasteiger partial charge in [-0.25, -0.2) is 4.98 Å². The van der Waals surface area contributed by atoms with Crippen LogP contribution in [0.3, 0.4) is 0 Å². The lowest BCUT2D eigenvalue weighted by Crippen LogP contribution is -1.90. The van der Waals surface area contributed by atoms with E-state index in [1.807, 2.05) is 6.07 Å². The molecule has 0 aliphatic carbocycles. The summed E-state index contributed by atoms with van der Waals surface area (Å²) in [5.41, 5.74) is 4.56. The highest BCUT2D eigenvalue weighted by molar-refractivity contribution is 7.79. The smallest absolute Gasteiger partial charge is 0.128 e. The first-order chi connectivity index (χ1) is 10.3. The van der Waals surface area contributed by atoms with Gasteiger partial charge in [0.2, 0.25) is 0 Å². The van der Waals surface area contributed by atoms with Gasteiger partial charge in [0.25, 0.3) is 0 Å². The molecule has 1 N–H and O–H groups in total. The molecular weight excluding hydrogens is 296 g/mol. The van der Waals surface area contributed by atoms with Gasteiger partial charge < -0.3 is 5.32 Å². The number of benzene rings is 2. The van der Waals surface area contributed by atoms with Gasteiger partial charge >= 0.3 is 0 Å². The Labute approximate surface area is 133 Å². The third-order valence-electron chi connectivity index (χ3n) is 3.29. The molecule has 0 unspecified atom stereocenters. The van der Waals surface area contributed by atoms with E-state index in [1.54, 1.807) is 16.7 Å². The molecule has 0 fully saturated rings. The molecule has 0 atom stereocenters. The standard InChI is InChI=1S/C17H16N2S2/c1-2-3-12-4-6-13(7-5-12)18-14-8-9-15-16(10-14)21-17(11-20)19-15/h4-11,18H,2-3H2,1H3. The van der Waals surface area contributed by atoms with E-state index in [0.29, 0.717) is 0 Å². The van der Waals surface area contributed by atoms with Gasteiger partial charge in [-0.2, -0.15) is 0 Å². The SMILES string of the molecule is CCCc1ccc(Nc2ccc3nc(C=S)sc3c2)cc1. The Bertz CT molecular complexity index is 760. The monoisotopic (exact) mass is 312 g/mol. The van der Waals surface area contributed by atoms with Gasteiger partial charge in [-0.3, -0.25) is 0 Å². The van der Waals surface area contributed by atoms with Crippen molar-refractivity contribution in [1.82, 2.24) is 4.98 Å². The highest BCUT2D eigenvalue weighted by atomic mass is 32.1. The number of thiazole rings is 1. The van der Waals surface area contributed by atoms with Crippen LogP contribution >= 0.6 is 23.6 Å². The quantitative estimate of drug-likeness (QED) is 0.644. The van der Waals surface area contributed by atoms with Crippen LogP contribution in [0, 0.1) is 0 Å². The minimum Gasteiger partial charge on any atom is -0.355 e. The number of thiocarbonyl (C=S) groups is 1. The zero-order chi connectivity index (χ0) is 14.7. The third-order valence-corrected chi connectivity index (χ3v) is 4.62. The van der Waals surface area contributed by atoms with Crippen molar-refractivity contribution >= 4 is 50.5 Å². The molecule has 2 aromatic carbocycles. The molecule has 0 saturated carbocycles. The van der Waals surface area contributed by atoms with Crippen LogP contribution in [-0.4, -0.2) is 10.4 Å². The Balaban J connectivity index is 1.81. The molecule has 0 spiro atoms. The fourth-order valence-corrected chi connectivity index (χ4v) is 3.30. The number of hydrogen-bond donors (Lipinski definition) is 1. The summed E-state index contributed by atoms with van der Waals surface area (Å²) in [7, 11) is 0. The minimum atomic E-state index is 0.890. The van der Waals surface area contributed by atoms with Crippen LogP contribution in [0.2, 0.25) is 0 Å². The normalized spacial score (nSPS) is 10.7. The second kappa shape index (κ2) is 6.33. The van der Waals surface area contributed by atoms with Crippen LogP contribution < -0.4 is 5.32 Å². The van der Waals surface area contributed by atoms with E-state index < -0.39 is 0 Å². The van der Waals surface area contributed by atoms with Crippen LogP contribution in [0.4, 0.5) is 11.4 Å². The van der Waals surface area contributed by atoms with Crippen molar-refractivity contribution in [2.24, 2.45) is 0 Å². The molecule has 1 heterocycles. The Morgan fingerprint density at radius 1 is 1.14 bits per heavy atom. The second-order valence-corrected chi connectivity index (χ2v) is 6.22. The number of nitrogens with zero attached hydrogens (tertiary/aromatic N) is 1. The topological polar surface area (TPSA) is 24.9 Å². The van der Waals surface area contributed by atoms with E-state index in [4.69, 9.17) is 12.2 Å². The minimum absolute atomic E-state index is 0.890. The second-order valence-electron chi connectivity index (χ2n) is 4.92. The number of aromatic nitrogens is 1. The average molecular weight is 312 g/mol.